The molecule has 0 heterocycles. The minimum absolute atomic E-state index is 0.217. The number of nitro groups is 1. The van der Waals surface area contributed by atoms with Crippen molar-refractivity contribution in [1.29, 1.82) is 0 Å². The Bertz CT molecular complexity index is 512. The highest BCUT2D eigenvalue weighted by Crippen LogP contribution is 2.57. The van der Waals surface area contributed by atoms with Crippen LogP contribution in [0.4, 0.5) is 5.69 Å². The summed E-state index contributed by atoms with van der Waals surface area (Å²) in [6, 6.07) is 7.34. The zero-order valence-corrected chi connectivity index (χ0v) is 11.7. The molecule has 5 rings (SSSR count). The van der Waals surface area contributed by atoms with Gasteiger partial charge in [-0.15, -0.1) is 0 Å². The Morgan fingerprint density at radius 3 is 2.20 bits per heavy atom. The lowest BCUT2D eigenvalue weighted by molar-refractivity contribution is -0.385. The van der Waals surface area contributed by atoms with Crippen molar-refractivity contribution in [2.75, 3.05) is 0 Å². The van der Waals surface area contributed by atoms with Crippen LogP contribution in [-0.2, 0) is 6.42 Å². The van der Waals surface area contributed by atoms with Crippen molar-refractivity contribution >= 4 is 5.69 Å². The molecule has 0 unspecified atom stereocenters. The number of nitrogens with zero attached hydrogens (tertiary/aromatic N) is 1. The van der Waals surface area contributed by atoms with E-state index in [0.717, 1.165) is 35.7 Å². The molecule has 0 atom stereocenters. The highest BCUT2D eigenvalue weighted by Gasteiger charge is 2.48. The van der Waals surface area contributed by atoms with Gasteiger partial charge in [0, 0.05) is 11.6 Å². The molecule has 3 heteroatoms. The Labute approximate surface area is 119 Å². The largest absolute Gasteiger partial charge is 0.272 e. The predicted molar refractivity (Wildman–Crippen MR) is 77.3 cm³/mol. The predicted octanol–water partition coefficient (Wildman–Crippen LogP) is 4.21. The van der Waals surface area contributed by atoms with Crippen LogP contribution in [0.1, 0.15) is 37.7 Å². The lowest BCUT2D eigenvalue weighted by Crippen LogP contribution is -2.45. The number of benzene rings is 1. The van der Waals surface area contributed by atoms with E-state index in [1.807, 2.05) is 12.1 Å². The fraction of sp³-hybridized carbons (Fsp3) is 0.647. The molecule has 0 aliphatic heterocycles. The Kier molecular flexibility index (Phi) is 2.83. The molecule has 0 aromatic heterocycles. The van der Waals surface area contributed by atoms with Gasteiger partial charge in [0.2, 0.25) is 0 Å². The average molecular weight is 271 g/mol. The van der Waals surface area contributed by atoms with E-state index in [0.29, 0.717) is 11.6 Å². The number of para-hydroxylation sites is 1. The van der Waals surface area contributed by atoms with Gasteiger partial charge in [0.25, 0.3) is 5.69 Å². The molecule has 0 N–H and O–H groups in total. The highest BCUT2D eigenvalue weighted by atomic mass is 16.6. The van der Waals surface area contributed by atoms with Crippen LogP contribution in [0.3, 0.4) is 0 Å². The molecular formula is C17H21NO2. The molecule has 4 fully saturated rings. The van der Waals surface area contributed by atoms with E-state index in [1.165, 1.54) is 32.1 Å². The normalized spacial score (nSPS) is 38.1. The van der Waals surface area contributed by atoms with Gasteiger partial charge in [-0.3, -0.25) is 10.1 Å². The van der Waals surface area contributed by atoms with E-state index in [-0.39, 0.29) is 4.92 Å². The molecule has 3 nitrogen and oxygen atoms in total. The summed E-state index contributed by atoms with van der Waals surface area (Å²) in [5.74, 6) is 4.32. The molecule has 1 aromatic carbocycles. The third kappa shape index (κ3) is 1.95. The summed E-state index contributed by atoms with van der Waals surface area (Å²) < 4.78 is 0. The van der Waals surface area contributed by atoms with Crippen LogP contribution in [0, 0.1) is 39.7 Å². The summed E-state index contributed by atoms with van der Waals surface area (Å²) in [7, 11) is 0. The minimum Gasteiger partial charge on any atom is -0.258 e. The Hall–Kier alpha value is -1.38. The molecule has 4 aliphatic rings. The van der Waals surface area contributed by atoms with E-state index in [1.54, 1.807) is 12.1 Å². The molecule has 1 aromatic rings. The second-order valence-corrected chi connectivity index (χ2v) is 7.18. The lowest BCUT2D eigenvalue weighted by Gasteiger charge is -2.54. The molecular weight excluding hydrogens is 250 g/mol. The first-order chi connectivity index (χ1) is 9.70. The smallest absolute Gasteiger partial charge is 0.258 e. The lowest BCUT2D eigenvalue weighted by atomic mass is 9.51. The second kappa shape index (κ2) is 4.57. The first-order valence-electron chi connectivity index (χ1n) is 7.93. The topological polar surface area (TPSA) is 43.1 Å². The maximum Gasteiger partial charge on any atom is 0.272 e. The quantitative estimate of drug-likeness (QED) is 0.610. The Morgan fingerprint density at radius 1 is 1.00 bits per heavy atom. The van der Waals surface area contributed by atoms with Gasteiger partial charge >= 0.3 is 0 Å². The zero-order chi connectivity index (χ0) is 13.7. The highest BCUT2D eigenvalue weighted by molar-refractivity contribution is 5.40. The minimum atomic E-state index is -0.217. The van der Waals surface area contributed by atoms with E-state index in [4.69, 9.17) is 0 Å². The van der Waals surface area contributed by atoms with Crippen LogP contribution in [0.5, 0.6) is 0 Å². The number of nitro benzene ring substituents is 1. The van der Waals surface area contributed by atoms with Gasteiger partial charge in [0.1, 0.15) is 0 Å². The summed E-state index contributed by atoms with van der Waals surface area (Å²) in [5.41, 5.74) is 1.27. The van der Waals surface area contributed by atoms with Gasteiger partial charge in [-0.25, -0.2) is 0 Å². The average Bonchev–Trinajstić information content (AvgIpc) is 2.42. The van der Waals surface area contributed by atoms with E-state index in [9.17, 15) is 10.1 Å². The second-order valence-electron chi connectivity index (χ2n) is 7.18. The van der Waals surface area contributed by atoms with Crippen molar-refractivity contribution in [2.24, 2.45) is 29.6 Å². The molecule has 4 aliphatic carbocycles. The summed E-state index contributed by atoms with van der Waals surface area (Å²) in [4.78, 5) is 11.0. The third-order valence-corrected chi connectivity index (χ3v) is 6.07. The van der Waals surface area contributed by atoms with Crippen molar-refractivity contribution in [3.05, 3.63) is 39.9 Å². The van der Waals surface area contributed by atoms with Crippen molar-refractivity contribution in [3.8, 4) is 0 Å². The summed E-state index contributed by atoms with van der Waals surface area (Å²) in [6.45, 7) is 0. The monoisotopic (exact) mass is 271 g/mol. The van der Waals surface area contributed by atoms with Crippen LogP contribution in [0.15, 0.2) is 24.3 Å². The number of hydrogen-bond donors (Lipinski definition) is 0. The van der Waals surface area contributed by atoms with Gasteiger partial charge < -0.3 is 0 Å². The van der Waals surface area contributed by atoms with E-state index < -0.39 is 0 Å². The summed E-state index contributed by atoms with van der Waals surface area (Å²) in [5, 5.41) is 11.2. The fourth-order valence-electron chi connectivity index (χ4n) is 5.49. The van der Waals surface area contributed by atoms with Gasteiger partial charge in [-0.2, -0.15) is 0 Å². The standard InChI is InChI=1S/C17H21NO2/c19-18(20)17-4-2-1-3-13(17)10-16-14-6-11-5-12(8-14)9-15(16)7-11/h1-4,11-12,14-16H,5-10H2. The molecule has 4 bridgehead atoms. The van der Waals surface area contributed by atoms with Crippen LogP contribution in [0.25, 0.3) is 0 Å². The first-order valence-corrected chi connectivity index (χ1v) is 7.93. The summed E-state index contributed by atoms with van der Waals surface area (Å²) >= 11 is 0. The van der Waals surface area contributed by atoms with Crippen LogP contribution < -0.4 is 0 Å². The van der Waals surface area contributed by atoms with Gasteiger partial charge in [0.15, 0.2) is 0 Å². The maximum absolute atomic E-state index is 11.2. The number of hydrogen-bond acceptors (Lipinski definition) is 2. The summed E-state index contributed by atoms with van der Waals surface area (Å²) in [6.07, 6.45) is 7.93. The van der Waals surface area contributed by atoms with Crippen molar-refractivity contribution in [1.82, 2.24) is 0 Å². The van der Waals surface area contributed by atoms with Gasteiger partial charge in [-0.1, -0.05) is 18.2 Å². The number of rotatable bonds is 3. The molecule has 0 saturated heterocycles. The Morgan fingerprint density at radius 2 is 1.60 bits per heavy atom. The maximum atomic E-state index is 11.2. The SMILES string of the molecule is O=[N+]([O-])c1ccccc1CC1C2CC3CC(C2)CC1C3. The van der Waals surface area contributed by atoms with Crippen LogP contribution >= 0.6 is 0 Å². The first kappa shape index (κ1) is 12.4. The molecule has 106 valence electrons. The van der Waals surface area contributed by atoms with E-state index in [2.05, 4.69) is 0 Å². The molecule has 20 heavy (non-hydrogen) atoms. The van der Waals surface area contributed by atoms with Crippen LogP contribution in [0.2, 0.25) is 0 Å². The van der Waals surface area contributed by atoms with Crippen molar-refractivity contribution in [2.45, 2.75) is 38.5 Å². The van der Waals surface area contributed by atoms with Crippen LogP contribution in [-0.4, -0.2) is 4.92 Å². The van der Waals surface area contributed by atoms with Crippen molar-refractivity contribution < 1.29 is 4.92 Å². The molecule has 0 spiro atoms. The molecule has 4 saturated carbocycles. The fourth-order valence-corrected chi connectivity index (χ4v) is 5.49. The van der Waals surface area contributed by atoms with E-state index >= 15 is 0 Å². The third-order valence-electron chi connectivity index (χ3n) is 6.07. The Balaban J connectivity index is 1.59. The van der Waals surface area contributed by atoms with Crippen molar-refractivity contribution in [3.63, 3.8) is 0 Å². The van der Waals surface area contributed by atoms with Gasteiger partial charge in [0.05, 0.1) is 4.92 Å². The zero-order valence-electron chi connectivity index (χ0n) is 11.7. The molecule has 0 amide bonds. The molecule has 0 radical (unpaired) electrons. The van der Waals surface area contributed by atoms with Gasteiger partial charge in [-0.05, 0) is 68.1 Å².